The van der Waals surface area contributed by atoms with Crippen LogP contribution in [-0.2, 0) is 23.9 Å². The van der Waals surface area contributed by atoms with E-state index in [2.05, 4.69) is 20.8 Å². The minimum atomic E-state index is -1.82. The van der Waals surface area contributed by atoms with Crippen LogP contribution in [0.15, 0.2) is 23.3 Å². The number of carbonyl (C=O) groups is 4. The highest BCUT2D eigenvalue weighted by molar-refractivity contribution is 6.14. The van der Waals surface area contributed by atoms with Gasteiger partial charge in [0.05, 0.1) is 34.6 Å². The van der Waals surface area contributed by atoms with Crippen LogP contribution in [0.4, 0.5) is 0 Å². The van der Waals surface area contributed by atoms with Gasteiger partial charge in [0.15, 0.2) is 11.6 Å². The van der Waals surface area contributed by atoms with Gasteiger partial charge in [-0.1, -0.05) is 27.7 Å². The quantitative estimate of drug-likeness (QED) is 0.446. The van der Waals surface area contributed by atoms with Gasteiger partial charge in [0.2, 0.25) is 0 Å². The molecular weight excluding hydrogens is 488 g/mol. The molecule has 2 saturated carbocycles. The van der Waals surface area contributed by atoms with Gasteiger partial charge < -0.3 is 20.1 Å². The number of aliphatic hydroxyl groups is 2. The molecular formula is C30H40O8. The van der Waals surface area contributed by atoms with Crippen molar-refractivity contribution in [1.29, 1.82) is 0 Å². The number of Topliss-reactive ketones (excluding diaryl/α,β-unsaturated/α-hetero) is 1. The van der Waals surface area contributed by atoms with Gasteiger partial charge in [0.25, 0.3) is 0 Å². The van der Waals surface area contributed by atoms with Gasteiger partial charge >= 0.3 is 5.97 Å². The summed E-state index contributed by atoms with van der Waals surface area (Å²) in [5.41, 5.74) is -5.38. The average Bonchev–Trinajstić information content (AvgIpc) is 3.48. The molecule has 0 bridgehead atoms. The van der Waals surface area contributed by atoms with Crippen molar-refractivity contribution in [3.63, 3.8) is 0 Å². The van der Waals surface area contributed by atoms with Gasteiger partial charge in [-0.25, -0.2) is 0 Å². The first-order chi connectivity index (χ1) is 17.3. The van der Waals surface area contributed by atoms with Gasteiger partial charge in [0, 0.05) is 12.8 Å². The molecule has 0 aromatic heterocycles. The molecule has 1 unspecified atom stereocenters. The average molecular weight is 529 g/mol. The SMILES string of the molecule is CC(CC(=O)C[C@](C)(O)C1=CC(=O)[C@]2(C)[C@]1(C)C(=O)C=C1[C@@]3(C)CC[C@H](O)C(C)(C)[C@@H]3C[C@H]3O[C@@]132)C(=O)O. The minimum Gasteiger partial charge on any atom is -0.481 e. The third-order valence-corrected chi connectivity index (χ3v) is 11.5. The van der Waals surface area contributed by atoms with Crippen LogP contribution in [0.1, 0.15) is 80.6 Å². The van der Waals surface area contributed by atoms with Crippen LogP contribution in [0.3, 0.4) is 0 Å². The molecule has 0 amide bonds. The van der Waals surface area contributed by atoms with E-state index in [1.807, 2.05) is 0 Å². The van der Waals surface area contributed by atoms with Gasteiger partial charge in [-0.05, 0) is 80.1 Å². The number of hydrogen-bond acceptors (Lipinski definition) is 7. The maximum absolute atomic E-state index is 14.2. The fourth-order valence-electron chi connectivity index (χ4n) is 9.00. The summed E-state index contributed by atoms with van der Waals surface area (Å²) in [6.07, 6.45) is 3.47. The summed E-state index contributed by atoms with van der Waals surface area (Å²) in [5, 5.41) is 31.6. The van der Waals surface area contributed by atoms with Crippen LogP contribution in [0, 0.1) is 33.5 Å². The van der Waals surface area contributed by atoms with Crippen LogP contribution in [0.2, 0.25) is 0 Å². The first kappa shape index (κ1) is 27.4. The highest BCUT2D eigenvalue weighted by Gasteiger charge is 2.85. The molecule has 1 saturated heterocycles. The fourth-order valence-corrected chi connectivity index (χ4v) is 9.00. The molecule has 5 rings (SSSR count). The van der Waals surface area contributed by atoms with Crippen LogP contribution in [-0.4, -0.2) is 62.0 Å². The summed E-state index contributed by atoms with van der Waals surface area (Å²) in [5.74, 6) is -3.01. The second kappa shape index (κ2) is 7.73. The highest BCUT2D eigenvalue weighted by Crippen LogP contribution is 2.78. The van der Waals surface area contributed by atoms with Crippen LogP contribution < -0.4 is 0 Å². The van der Waals surface area contributed by atoms with E-state index < -0.39 is 63.1 Å². The number of epoxide rings is 1. The van der Waals surface area contributed by atoms with E-state index in [1.54, 1.807) is 19.9 Å². The van der Waals surface area contributed by atoms with Crippen molar-refractivity contribution in [2.75, 3.05) is 0 Å². The van der Waals surface area contributed by atoms with Crippen LogP contribution >= 0.6 is 0 Å². The fraction of sp³-hybridized carbons (Fsp3) is 0.733. The largest absolute Gasteiger partial charge is 0.481 e. The maximum Gasteiger partial charge on any atom is 0.306 e. The van der Waals surface area contributed by atoms with Crippen LogP contribution in [0.25, 0.3) is 0 Å². The van der Waals surface area contributed by atoms with E-state index in [0.717, 1.165) is 5.57 Å². The van der Waals surface area contributed by atoms with E-state index in [4.69, 9.17) is 4.74 Å². The summed E-state index contributed by atoms with van der Waals surface area (Å²) >= 11 is 0. The van der Waals surface area contributed by atoms with E-state index in [9.17, 15) is 34.5 Å². The lowest BCUT2D eigenvalue weighted by atomic mass is 9.40. The van der Waals surface area contributed by atoms with Crippen LogP contribution in [0.5, 0.6) is 0 Å². The first-order valence-corrected chi connectivity index (χ1v) is 13.7. The van der Waals surface area contributed by atoms with Crippen molar-refractivity contribution < 1.29 is 39.2 Å². The number of carboxylic acid groups (broad SMARTS) is 1. The molecule has 1 heterocycles. The number of fused-ring (bicyclic) bond motifs is 3. The zero-order valence-electron chi connectivity index (χ0n) is 23.4. The Labute approximate surface area is 223 Å². The molecule has 0 radical (unpaired) electrons. The molecule has 3 N–H and O–H groups in total. The molecule has 0 aromatic carbocycles. The van der Waals surface area contributed by atoms with Crippen molar-refractivity contribution in [1.82, 2.24) is 0 Å². The Kier molecular flexibility index (Phi) is 5.58. The maximum atomic E-state index is 14.2. The number of allylic oxidation sites excluding steroid dienone is 2. The Hall–Kier alpha value is -2.16. The minimum absolute atomic E-state index is 0.0623. The molecule has 8 nitrogen and oxygen atoms in total. The molecule has 4 aliphatic carbocycles. The third kappa shape index (κ3) is 3.02. The molecule has 8 heteroatoms. The Balaban J connectivity index is 1.57. The Bertz CT molecular complexity index is 1220. The molecule has 1 spiro atoms. The normalized spacial score (nSPS) is 44.9. The molecule has 5 aliphatic rings. The first-order valence-electron chi connectivity index (χ1n) is 13.7. The molecule has 9 atom stereocenters. The summed E-state index contributed by atoms with van der Waals surface area (Å²) in [4.78, 5) is 52.1. The topological polar surface area (TPSA) is 142 Å². The number of carboxylic acids is 1. The van der Waals surface area contributed by atoms with Crippen molar-refractivity contribution >= 4 is 23.3 Å². The van der Waals surface area contributed by atoms with E-state index >= 15 is 0 Å². The molecule has 208 valence electrons. The van der Waals surface area contributed by atoms with Gasteiger partial charge in [-0.2, -0.15) is 0 Å². The number of hydrogen-bond donors (Lipinski definition) is 3. The van der Waals surface area contributed by atoms with Gasteiger partial charge in [-0.3, -0.25) is 19.2 Å². The number of aliphatic carboxylic acids is 1. The zero-order valence-corrected chi connectivity index (χ0v) is 23.4. The number of ether oxygens (including phenoxy) is 1. The number of carbonyl (C=O) groups excluding carboxylic acids is 3. The summed E-state index contributed by atoms with van der Waals surface area (Å²) in [6, 6.07) is 0. The molecule has 38 heavy (non-hydrogen) atoms. The van der Waals surface area contributed by atoms with Gasteiger partial charge in [-0.15, -0.1) is 0 Å². The Morgan fingerprint density at radius 1 is 1.13 bits per heavy atom. The standard InChI is InChI=1S/C30H40O8/c1-15(24(35)36)10-16(31)14-27(5,37)19-12-22(34)29(7)28(19,6)21(33)11-18-26(4)9-8-20(32)25(2,3)17(26)13-23-30(18,29)38-23/h11-12,15,17,20,23,32,37H,8-10,13-14H2,1-7H3,(H,35,36)/t15?,17-,20-,23+,26-,27-,28-,29+,30-/m0/s1. The van der Waals surface area contributed by atoms with Gasteiger partial charge in [0.1, 0.15) is 11.4 Å². The van der Waals surface area contributed by atoms with Crippen molar-refractivity contribution in [2.24, 2.45) is 33.5 Å². The smallest absolute Gasteiger partial charge is 0.306 e. The molecule has 0 aromatic rings. The Morgan fingerprint density at radius 3 is 2.37 bits per heavy atom. The van der Waals surface area contributed by atoms with E-state index in [-0.39, 0.29) is 35.6 Å². The lowest BCUT2D eigenvalue weighted by Gasteiger charge is -2.61. The molecule has 3 fully saturated rings. The second-order valence-electron chi connectivity index (χ2n) is 14.0. The Morgan fingerprint density at radius 2 is 1.76 bits per heavy atom. The zero-order chi connectivity index (χ0) is 28.4. The summed E-state index contributed by atoms with van der Waals surface area (Å²) in [6.45, 7) is 12.5. The monoisotopic (exact) mass is 528 g/mol. The summed E-state index contributed by atoms with van der Waals surface area (Å²) < 4.78 is 6.51. The lowest BCUT2D eigenvalue weighted by Crippen LogP contribution is -2.66. The summed E-state index contributed by atoms with van der Waals surface area (Å²) in [7, 11) is 0. The number of aliphatic hydroxyl groups excluding tert-OH is 1. The third-order valence-electron chi connectivity index (χ3n) is 11.5. The molecule has 1 aliphatic heterocycles. The number of rotatable bonds is 6. The van der Waals surface area contributed by atoms with Crippen molar-refractivity contribution in [2.45, 2.75) is 104 Å². The highest BCUT2D eigenvalue weighted by atomic mass is 16.6. The second-order valence-corrected chi connectivity index (χ2v) is 14.0. The lowest BCUT2D eigenvalue weighted by molar-refractivity contribution is -0.148. The van der Waals surface area contributed by atoms with E-state index in [1.165, 1.54) is 19.9 Å². The number of ketones is 3. The predicted molar refractivity (Wildman–Crippen MR) is 137 cm³/mol. The predicted octanol–water partition coefficient (Wildman–Crippen LogP) is 3.18. The van der Waals surface area contributed by atoms with Crippen molar-refractivity contribution in [3.05, 3.63) is 23.3 Å². The van der Waals surface area contributed by atoms with Crippen molar-refractivity contribution in [3.8, 4) is 0 Å². The van der Waals surface area contributed by atoms with E-state index in [0.29, 0.717) is 19.3 Å².